The van der Waals surface area contributed by atoms with Crippen molar-refractivity contribution in [3.63, 3.8) is 0 Å². The lowest BCUT2D eigenvalue weighted by atomic mass is 10.2. The van der Waals surface area contributed by atoms with Gasteiger partial charge in [-0.2, -0.15) is 5.01 Å². The molecule has 0 amide bonds. The molecule has 1 unspecified atom stereocenters. The van der Waals surface area contributed by atoms with E-state index in [2.05, 4.69) is 43.4 Å². The van der Waals surface area contributed by atoms with Crippen LogP contribution in [-0.2, 0) is 0 Å². The van der Waals surface area contributed by atoms with Gasteiger partial charge in [0.05, 0.1) is 18.3 Å². The minimum absolute atomic E-state index is 0. The largest absolute Gasteiger partial charge is 1.00 e. The highest BCUT2D eigenvalue weighted by Gasteiger charge is 2.38. The number of hydrazone groups is 1. The van der Waals surface area contributed by atoms with Crippen LogP contribution < -0.4 is 32.2 Å². The summed E-state index contributed by atoms with van der Waals surface area (Å²) in [6, 6.07) is 20.6. The van der Waals surface area contributed by atoms with Crippen LogP contribution in [-0.4, -0.2) is 17.9 Å². The number of nitrogens with one attached hydrogen (secondary N) is 1. The molecule has 26 heavy (non-hydrogen) atoms. The number of thiazole rings is 1. The number of benzene rings is 2. The van der Waals surface area contributed by atoms with Gasteiger partial charge >= 0.3 is 0 Å². The third-order valence-corrected chi connectivity index (χ3v) is 5.32. The maximum Gasteiger partial charge on any atom is 0.278 e. The highest BCUT2D eigenvalue weighted by molar-refractivity contribution is 7.15. The first kappa shape index (κ1) is 18.6. The van der Waals surface area contributed by atoms with Crippen LogP contribution in [0.2, 0.25) is 0 Å². The molecule has 5 nitrogen and oxygen atoms in total. The molecule has 1 N–H and O–H groups in total. The number of hydrogen-bond acceptors (Lipinski definition) is 5. The Kier molecular flexibility index (Phi) is 5.41. The van der Waals surface area contributed by atoms with E-state index in [-0.39, 0.29) is 17.0 Å². The molecule has 134 valence electrons. The number of rotatable bonds is 3. The second kappa shape index (κ2) is 7.57. The second-order valence-electron chi connectivity index (χ2n) is 5.97. The molecular formula is C19H20BrN5S. The number of amidine groups is 1. The second-order valence-corrected chi connectivity index (χ2v) is 7.16. The Morgan fingerprint density at radius 1 is 0.923 bits per heavy atom. The van der Waals surface area contributed by atoms with Crippen molar-refractivity contribution in [3.05, 3.63) is 76.8 Å². The SMILES string of the molecule is Cc1nc(N2N=C(c3ccccc3)[NH+](C)N2c2ccccc2)sc1C.[Br-]. The summed E-state index contributed by atoms with van der Waals surface area (Å²) in [5.74, 6) is 0.968. The molecule has 1 aromatic heterocycles. The number of aromatic nitrogens is 1. The molecule has 3 aromatic rings. The molecule has 0 spiro atoms. The van der Waals surface area contributed by atoms with E-state index in [1.54, 1.807) is 11.3 Å². The number of anilines is 2. The predicted octanol–water partition coefficient (Wildman–Crippen LogP) is -0.203. The molecule has 0 saturated carbocycles. The number of hydrogen-bond donors (Lipinski definition) is 1. The maximum atomic E-state index is 4.91. The lowest BCUT2D eigenvalue weighted by molar-refractivity contribution is -0.787. The fourth-order valence-corrected chi connectivity index (χ4v) is 3.71. The topological polar surface area (TPSA) is 36.2 Å². The van der Waals surface area contributed by atoms with Crippen molar-refractivity contribution in [3.8, 4) is 0 Å². The van der Waals surface area contributed by atoms with E-state index in [4.69, 9.17) is 10.1 Å². The van der Waals surface area contributed by atoms with Crippen molar-refractivity contribution in [2.75, 3.05) is 17.3 Å². The van der Waals surface area contributed by atoms with Crippen LogP contribution in [0.4, 0.5) is 10.8 Å². The van der Waals surface area contributed by atoms with Gasteiger partial charge in [-0.1, -0.05) is 63.1 Å². The molecule has 7 heteroatoms. The lowest BCUT2D eigenvalue weighted by Crippen LogP contribution is -3.18. The van der Waals surface area contributed by atoms with Crippen LogP contribution in [0, 0.1) is 13.8 Å². The summed E-state index contributed by atoms with van der Waals surface area (Å²) < 4.78 is 0. The molecular weight excluding hydrogens is 410 g/mol. The van der Waals surface area contributed by atoms with Gasteiger partial charge in [-0.3, -0.25) is 0 Å². The lowest BCUT2D eigenvalue weighted by Gasteiger charge is -2.26. The van der Waals surface area contributed by atoms with E-state index < -0.39 is 0 Å². The number of nitrogens with zero attached hydrogens (tertiary/aromatic N) is 4. The number of para-hydroxylation sites is 1. The summed E-state index contributed by atoms with van der Waals surface area (Å²) >= 11 is 1.66. The van der Waals surface area contributed by atoms with Gasteiger partial charge in [-0.25, -0.2) is 4.98 Å². The van der Waals surface area contributed by atoms with Crippen molar-refractivity contribution in [1.29, 1.82) is 0 Å². The van der Waals surface area contributed by atoms with Gasteiger partial charge in [-0.05, 0) is 38.1 Å². The van der Waals surface area contributed by atoms with Crippen molar-refractivity contribution in [1.82, 2.24) is 4.98 Å². The van der Waals surface area contributed by atoms with Gasteiger partial charge in [-0.15, -0.1) is 0 Å². The van der Waals surface area contributed by atoms with Crippen LogP contribution in [0.1, 0.15) is 16.1 Å². The summed E-state index contributed by atoms with van der Waals surface area (Å²) in [5, 5.41) is 10.9. The van der Waals surface area contributed by atoms with Crippen LogP contribution in [0.3, 0.4) is 0 Å². The van der Waals surface area contributed by atoms with Crippen LogP contribution in [0.15, 0.2) is 65.8 Å². The van der Waals surface area contributed by atoms with Crippen LogP contribution >= 0.6 is 11.3 Å². The maximum absolute atomic E-state index is 4.91. The summed E-state index contributed by atoms with van der Waals surface area (Å²) in [5.41, 5.74) is 3.22. The molecule has 1 aliphatic rings. The third kappa shape index (κ3) is 3.25. The van der Waals surface area contributed by atoms with Gasteiger partial charge in [0.1, 0.15) is 5.69 Å². The Hall–Kier alpha value is -2.22. The molecule has 2 aromatic carbocycles. The van der Waals surface area contributed by atoms with E-state index in [1.807, 2.05) is 48.4 Å². The quantitative estimate of drug-likeness (QED) is 0.626. The number of quaternary nitrogens is 1. The fourth-order valence-electron chi connectivity index (χ4n) is 2.86. The number of halogens is 1. The highest BCUT2D eigenvalue weighted by atomic mass is 79.9. The first-order valence-corrected chi connectivity index (χ1v) is 9.04. The van der Waals surface area contributed by atoms with Gasteiger partial charge in [0, 0.05) is 4.88 Å². The molecule has 0 fully saturated rings. The Balaban J connectivity index is 0.00000196. The van der Waals surface area contributed by atoms with Crippen molar-refractivity contribution in [2.45, 2.75) is 13.8 Å². The predicted molar refractivity (Wildman–Crippen MR) is 103 cm³/mol. The molecule has 0 radical (unpaired) electrons. The first-order valence-electron chi connectivity index (χ1n) is 8.22. The summed E-state index contributed by atoms with van der Waals surface area (Å²) in [4.78, 5) is 5.92. The van der Waals surface area contributed by atoms with Crippen LogP contribution in [0.5, 0.6) is 0 Å². The highest BCUT2D eigenvalue weighted by Crippen LogP contribution is 2.29. The zero-order chi connectivity index (χ0) is 17.4. The van der Waals surface area contributed by atoms with Gasteiger partial charge in [0.25, 0.3) is 5.84 Å². The van der Waals surface area contributed by atoms with Gasteiger partial charge < -0.3 is 17.0 Å². The van der Waals surface area contributed by atoms with E-state index in [0.29, 0.717) is 0 Å². The Morgan fingerprint density at radius 3 is 2.12 bits per heavy atom. The monoisotopic (exact) mass is 429 g/mol. The van der Waals surface area contributed by atoms with E-state index in [9.17, 15) is 0 Å². The molecule has 1 atom stereocenters. The van der Waals surface area contributed by atoms with Gasteiger partial charge in [0.2, 0.25) is 5.13 Å². The molecule has 2 heterocycles. The fraction of sp³-hybridized carbons (Fsp3) is 0.158. The number of aryl methyl sites for hydroxylation is 2. The zero-order valence-corrected chi connectivity index (χ0v) is 17.3. The molecule has 0 aliphatic carbocycles. The summed E-state index contributed by atoms with van der Waals surface area (Å²) in [6.45, 7) is 4.13. The van der Waals surface area contributed by atoms with E-state index in [0.717, 1.165) is 32.9 Å². The smallest absolute Gasteiger partial charge is 0.278 e. The first-order chi connectivity index (χ1) is 12.1. The molecule has 1 aliphatic heterocycles. The van der Waals surface area contributed by atoms with Crippen molar-refractivity contribution in [2.24, 2.45) is 5.10 Å². The third-order valence-electron chi connectivity index (χ3n) is 4.28. The Bertz CT molecular complexity index is 891. The van der Waals surface area contributed by atoms with Crippen molar-refractivity contribution < 1.29 is 22.0 Å². The minimum atomic E-state index is 0. The standard InChI is InChI=1S/C19H19N5S.BrH/c1-14-15(2)25-19(20-14)23-21-18(16-10-6-4-7-11-16)22(3)24(23)17-12-8-5-9-13-17;/h4-13H,1-3H3;1H. The summed E-state index contributed by atoms with van der Waals surface area (Å²) in [7, 11) is 2.10. The normalized spacial score (nSPS) is 16.4. The zero-order valence-electron chi connectivity index (χ0n) is 14.8. The van der Waals surface area contributed by atoms with E-state index >= 15 is 0 Å². The molecule has 0 saturated heterocycles. The average molecular weight is 430 g/mol. The molecule has 0 bridgehead atoms. The minimum Gasteiger partial charge on any atom is -1.00 e. The van der Waals surface area contributed by atoms with Crippen molar-refractivity contribution >= 4 is 28.0 Å². The van der Waals surface area contributed by atoms with Crippen LogP contribution in [0.25, 0.3) is 0 Å². The average Bonchev–Trinajstić information content (AvgIpc) is 3.16. The van der Waals surface area contributed by atoms with Gasteiger partial charge in [0.15, 0.2) is 0 Å². The number of hydrazine groups is 1. The molecule has 4 rings (SSSR count). The Labute approximate surface area is 167 Å². The Morgan fingerprint density at radius 2 is 1.54 bits per heavy atom. The summed E-state index contributed by atoms with van der Waals surface area (Å²) in [6.07, 6.45) is 0. The van der Waals surface area contributed by atoms with E-state index in [1.165, 1.54) is 4.88 Å².